The molecule has 0 aromatic heterocycles. The number of nitrogens with two attached hydrogens (primary N) is 1. The van der Waals surface area contributed by atoms with E-state index in [1.165, 1.54) is 6.07 Å². The van der Waals surface area contributed by atoms with Gasteiger partial charge >= 0.3 is 5.69 Å². The van der Waals surface area contributed by atoms with Gasteiger partial charge in [-0.1, -0.05) is 17.7 Å². The van der Waals surface area contributed by atoms with Crippen LogP contribution in [0.4, 0.5) is 10.1 Å². The van der Waals surface area contributed by atoms with Gasteiger partial charge in [-0.05, 0) is 19.1 Å². The summed E-state index contributed by atoms with van der Waals surface area (Å²) in [4.78, 5) is 9.76. The van der Waals surface area contributed by atoms with Gasteiger partial charge < -0.3 is 10.5 Å². The molecule has 6 heteroatoms. The minimum atomic E-state index is -0.936. The van der Waals surface area contributed by atoms with E-state index in [0.29, 0.717) is 5.75 Å². The Morgan fingerprint density at radius 1 is 1.30 bits per heavy atom. The van der Waals surface area contributed by atoms with Gasteiger partial charge in [0.2, 0.25) is 5.82 Å². The molecule has 0 aliphatic carbocycles. The van der Waals surface area contributed by atoms with Gasteiger partial charge in [-0.2, -0.15) is 4.39 Å². The van der Waals surface area contributed by atoms with Crippen molar-refractivity contribution >= 4 is 5.69 Å². The van der Waals surface area contributed by atoms with E-state index < -0.39 is 16.4 Å². The number of nitrogens with zero attached hydrogens (tertiary/aromatic N) is 1. The molecule has 0 saturated heterocycles. The van der Waals surface area contributed by atoms with E-state index in [1.807, 2.05) is 19.1 Å². The van der Waals surface area contributed by atoms with Gasteiger partial charge in [-0.15, -0.1) is 0 Å². The predicted molar refractivity (Wildman–Crippen MR) is 72.2 cm³/mol. The highest BCUT2D eigenvalue weighted by atomic mass is 19.1. The second kappa shape index (κ2) is 5.66. The van der Waals surface area contributed by atoms with Crippen LogP contribution in [0.5, 0.6) is 11.5 Å². The van der Waals surface area contributed by atoms with Crippen molar-refractivity contribution in [2.45, 2.75) is 13.5 Å². The first-order valence-corrected chi connectivity index (χ1v) is 5.92. The Hall–Kier alpha value is -2.47. The largest absolute Gasteiger partial charge is 0.457 e. The van der Waals surface area contributed by atoms with Gasteiger partial charge in [0.25, 0.3) is 0 Å². The highest BCUT2D eigenvalue weighted by molar-refractivity contribution is 5.43. The van der Waals surface area contributed by atoms with Crippen molar-refractivity contribution < 1.29 is 14.1 Å². The van der Waals surface area contributed by atoms with E-state index >= 15 is 0 Å². The Kier molecular flexibility index (Phi) is 3.95. The van der Waals surface area contributed by atoms with E-state index in [0.717, 1.165) is 23.3 Å². The maximum Gasteiger partial charge on any atom is 0.305 e. The quantitative estimate of drug-likeness (QED) is 0.686. The number of hydrogen-bond donors (Lipinski definition) is 1. The van der Waals surface area contributed by atoms with Crippen LogP contribution >= 0.6 is 0 Å². The minimum Gasteiger partial charge on any atom is -0.457 e. The summed E-state index contributed by atoms with van der Waals surface area (Å²) in [6, 6.07) is 8.85. The summed E-state index contributed by atoms with van der Waals surface area (Å²) < 4.78 is 19.0. The number of benzene rings is 2. The number of rotatable bonds is 4. The molecule has 0 aliphatic heterocycles. The smallest absolute Gasteiger partial charge is 0.305 e. The molecule has 0 spiro atoms. The Morgan fingerprint density at radius 2 is 2.05 bits per heavy atom. The molecule has 0 fully saturated rings. The topological polar surface area (TPSA) is 78.4 Å². The highest BCUT2D eigenvalue weighted by Crippen LogP contribution is 2.29. The maximum absolute atomic E-state index is 13.5. The van der Waals surface area contributed by atoms with Crippen molar-refractivity contribution in [1.29, 1.82) is 0 Å². The number of ether oxygens (including phenoxy) is 1. The van der Waals surface area contributed by atoms with Crippen molar-refractivity contribution in [3.8, 4) is 11.5 Å². The molecular weight excluding hydrogens is 263 g/mol. The van der Waals surface area contributed by atoms with E-state index in [9.17, 15) is 14.5 Å². The van der Waals surface area contributed by atoms with Gasteiger partial charge in [-0.3, -0.25) is 10.1 Å². The molecule has 0 bridgehead atoms. The third-order valence-electron chi connectivity index (χ3n) is 2.78. The lowest BCUT2D eigenvalue weighted by atomic mass is 10.1. The van der Waals surface area contributed by atoms with Gasteiger partial charge in [0.15, 0.2) is 0 Å². The van der Waals surface area contributed by atoms with Gasteiger partial charge in [-0.25, -0.2) is 0 Å². The van der Waals surface area contributed by atoms with Gasteiger partial charge in [0, 0.05) is 24.2 Å². The van der Waals surface area contributed by atoms with Crippen LogP contribution in [-0.4, -0.2) is 4.92 Å². The second-order valence-electron chi connectivity index (χ2n) is 4.29. The molecule has 0 unspecified atom stereocenters. The summed E-state index contributed by atoms with van der Waals surface area (Å²) in [6.45, 7) is 2.21. The van der Waals surface area contributed by atoms with Crippen LogP contribution in [0, 0.1) is 22.9 Å². The summed E-state index contributed by atoms with van der Waals surface area (Å²) >= 11 is 0. The average Bonchev–Trinajstić information content (AvgIpc) is 2.40. The molecular formula is C14H13FN2O3. The third-order valence-corrected chi connectivity index (χ3v) is 2.78. The lowest BCUT2D eigenvalue weighted by Crippen LogP contribution is -2.00. The molecule has 0 amide bonds. The highest BCUT2D eigenvalue weighted by Gasteiger charge is 2.15. The van der Waals surface area contributed by atoms with Crippen LogP contribution in [0.1, 0.15) is 11.1 Å². The van der Waals surface area contributed by atoms with E-state index in [-0.39, 0.29) is 12.3 Å². The van der Waals surface area contributed by atoms with Gasteiger partial charge in [0.1, 0.15) is 11.5 Å². The number of halogens is 1. The fourth-order valence-electron chi connectivity index (χ4n) is 1.79. The molecule has 0 saturated carbocycles. The zero-order valence-electron chi connectivity index (χ0n) is 10.8. The summed E-state index contributed by atoms with van der Waals surface area (Å²) in [5.74, 6) is -0.244. The van der Waals surface area contributed by atoms with Crippen molar-refractivity contribution in [1.82, 2.24) is 0 Å². The average molecular weight is 276 g/mol. The summed E-state index contributed by atoms with van der Waals surface area (Å²) in [6.07, 6.45) is 0. The van der Waals surface area contributed by atoms with Gasteiger partial charge in [0.05, 0.1) is 4.92 Å². The van der Waals surface area contributed by atoms with Crippen LogP contribution in [0.15, 0.2) is 36.4 Å². The zero-order chi connectivity index (χ0) is 14.7. The fourth-order valence-corrected chi connectivity index (χ4v) is 1.79. The van der Waals surface area contributed by atoms with E-state index in [4.69, 9.17) is 10.5 Å². The summed E-state index contributed by atoms with van der Waals surface area (Å²) in [7, 11) is 0. The van der Waals surface area contributed by atoms with E-state index in [1.54, 1.807) is 6.07 Å². The summed E-state index contributed by atoms with van der Waals surface area (Å²) in [5.41, 5.74) is 6.86. The fraction of sp³-hybridized carbons (Fsp3) is 0.143. The standard InChI is InChI=1S/C14H13FN2O3/c1-9-2-5-14(10(6-9)8-16)20-11-3-4-13(17(18)19)12(15)7-11/h2-7H,8,16H2,1H3. The molecule has 0 aliphatic rings. The van der Waals surface area contributed by atoms with Crippen LogP contribution in [0.3, 0.4) is 0 Å². The first-order valence-electron chi connectivity index (χ1n) is 5.92. The lowest BCUT2D eigenvalue weighted by molar-refractivity contribution is -0.387. The molecule has 2 rings (SSSR count). The Balaban J connectivity index is 2.31. The van der Waals surface area contributed by atoms with Crippen LogP contribution in [-0.2, 0) is 6.54 Å². The van der Waals surface area contributed by atoms with Crippen molar-refractivity contribution in [3.63, 3.8) is 0 Å². The number of nitro groups is 1. The lowest BCUT2D eigenvalue weighted by Gasteiger charge is -2.10. The molecule has 2 aromatic carbocycles. The Morgan fingerprint density at radius 3 is 2.65 bits per heavy atom. The minimum absolute atomic E-state index is 0.187. The van der Waals surface area contributed by atoms with Crippen molar-refractivity contribution in [2.24, 2.45) is 5.73 Å². The third kappa shape index (κ3) is 2.92. The first-order chi connectivity index (χ1) is 9.51. The first kappa shape index (κ1) is 14.0. The zero-order valence-corrected chi connectivity index (χ0v) is 10.8. The van der Waals surface area contributed by atoms with Crippen LogP contribution in [0.2, 0.25) is 0 Å². The Labute approximate surface area is 114 Å². The molecule has 0 radical (unpaired) electrons. The molecule has 2 aromatic rings. The SMILES string of the molecule is Cc1ccc(Oc2ccc([N+](=O)[O-])c(F)c2)c(CN)c1. The molecule has 5 nitrogen and oxygen atoms in total. The maximum atomic E-state index is 13.5. The molecule has 2 N–H and O–H groups in total. The summed E-state index contributed by atoms with van der Waals surface area (Å²) in [5, 5.41) is 10.5. The molecule has 0 heterocycles. The number of aryl methyl sites for hydroxylation is 1. The molecule has 20 heavy (non-hydrogen) atoms. The predicted octanol–water partition coefficient (Wildman–Crippen LogP) is 3.29. The number of nitro benzene ring substituents is 1. The number of hydrogen-bond acceptors (Lipinski definition) is 4. The van der Waals surface area contributed by atoms with Crippen LogP contribution < -0.4 is 10.5 Å². The molecule has 0 atom stereocenters. The van der Waals surface area contributed by atoms with Crippen LogP contribution in [0.25, 0.3) is 0 Å². The second-order valence-corrected chi connectivity index (χ2v) is 4.29. The Bertz CT molecular complexity index is 659. The molecule has 104 valence electrons. The van der Waals surface area contributed by atoms with Crippen molar-refractivity contribution in [2.75, 3.05) is 0 Å². The normalized spacial score (nSPS) is 10.3. The van der Waals surface area contributed by atoms with E-state index in [2.05, 4.69) is 0 Å². The van der Waals surface area contributed by atoms with Crippen molar-refractivity contribution in [3.05, 3.63) is 63.5 Å². The monoisotopic (exact) mass is 276 g/mol.